The molecule has 5 heteroatoms. The Morgan fingerprint density at radius 2 is 2.06 bits per heavy atom. The molecule has 0 aliphatic rings. The van der Waals surface area contributed by atoms with Gasteiger partial charge in [0.25, 0.3) is 0 Å². The summed E-state index contributed by atoms with van der Waals surface area (Å²) in [5, 5.41) is 19.0. The third kappa shape index (κ3) is 3.48. The van der Waals surface area contributed by atoms with E-state index in [0.29, 0.717) is 12.0 Å². The molecule has 1 aromatic carbocycles. The van der Waals surface area contributed by atoms with Crippen molar-refractivity contribution in [1.29, 1.82) is 0 Å². The van der Waals surface area contributed by atoms with E-state index in [0.717, 1.165) is 5.57 Å². The molecular formula is C13H18ClNO3. The van der Waals surface area contributed by atoms with Crippen LogP contribution in [0.5, 0.6) is 5.75 Å². The molecule has 18 heavy (non-hydrogen) atoms. The topological polar surface area (TPSA) is 83.6 Å². The number of hydrogen-bond acceptors (Lipinski definition) is 3. The highest BCUT2D eigenvalue weighted by Crippen LogP contribution is 2.32. The van der Waals surface area contributed by atoms with Crippen molar-refractivity contribution >= 4 is 18.4 Å². The summed E-state index contributed by atoms with van der Waals surface area (Å²) in [4.78, 5) is 11.1. The second-order valence-corrected chi connectivity index (χ2v) is 4.27. The van der Waals surface area contributed by atoms with Crippen molar-refractivity contribution in [3.63, 3.8) is 0 Å². The van der Waals surface area contributed by atoms with Crippen molar-refractivity contribution in [2.45, 2.75) is 26.3 Å². The van der Waals surface area contributed by atoms with E-state index in [1.165, 1.54) is 6.07 Å². The number of phenols is 1. The van der Waals surface area contributed by atoms with Gasteiger partial charge < -0.3 is 15.9 Å². The summed E-state index contributed by atoms with van der Waals surface area (Å²) in [5.74, 6) is -1.13. The molecule has 0 amide bonds. The van der Waals surface area contributed by atoms with Gasteiger partial charge in [0.15, 0.2) is 0 Å². The van der Waals surface area contributed by atoms with E-state index in [1.54, 1.807) is 13.0 Å². The lowest BCUT2D eigenvalue weighted by molar-refractivity contribution is 0.0694. The number of hydrogen-bond donors (Lipinski definition) is 3. The summed E-state index contributed by atoms with van der Waals surface area (Å²) in [5.41, 5.74) is 7.70. The Bertz CT molecular complexity index is 472. The normalized spacial score (nSPS) is 11.5. The van der Waals surface area contributed by atoms with E-state index >= 15 is 0 Å². The van der Waals surface area contributed by atoms with Gasteiger partial charge in [-0.15, -0.1) is 19.0 Å². The lowest BCUT2D eigenvalue weighted by Gasteiger charge is -2.17. The van der Waals surface area contributed by atoms with Crippen LogP contribution in [0.25, 0.3) is 0 Å². The van der Waals surface area contributed by atoms with Crippen molar-refractivity contribution in [2.24, 2.45) is 5.73 Å². The molecule has 0 radical (unpaired) electrons. The molecule has 0 bridgehead atoms. The minimum absolute atomic E-state index is 0. The number of nitrogens with two attached hydrogens (primary N) is 1. The Kier molecular flexibility index (Phi) is 5.88. The zero-order chi connectivity index (χ0) is 13.2. The largest absolute Gasteiger partial charge is 0.507 e. The SMILES string of the molecule is C=C(C)C[C@H](N)c1c(C(=O)O)ccc(C)c1O.Cl. The number of aromatic carboxylic acids is 1. The predicted octanol–water partition coefficient (Wildman–Crippen LogP) is 2.79. The van der Waals surface area contributed by atoms with Gasteiger partial charge >= 0.3 is 5.97 Å². The summed E-state index contributed by atoms with van der Waals surface area (Å²) in [6.07, 6.45) is 0.442. The molecule has 0 spiro atoms. The molecule has 0 unspecified atom stereocenters. The van der Waals surface area contributed by atoms with E-state index in [9.17, 15) is 9.90 Å². The Morgan fingerprint density at radius 3 is 2.50 bits per heavy atom. The number of carboxylic acid groups (broad SMARTS) is 1. The second kappa shape index (κ2) is 6.42. The summed E-state index contributed by atoms with van der Waals surface area (Å²) < 4.78 is 0. The van der Waals surface area contributed by atoms with Crippen molar-refractivity contribution < 1.29 is 15.0 Å². The van der Waals surface area contributed by atoms with Gasteiger partial charge in [0.05, 0.1) is 5.56 Å². The number of rotatable bonds is 4. The summed E-state index contributed by atoms with van der Waals surface area (Å²) >= 11 is 0. The molecule has 1 rings (SSSR count). The van der Waals surface area contributed by atoms with Gasteiger partial charge in [0.2, 0.25) is 0 Å². The lowest BCUT2D eigenvalue weighted by Crippen LogP contribution is -2.16. The minimum atomic E-state index is -1.09. The molecule has 0 fully saturated rings. The Morgan fingerprint density at radius 1 is 1.50 bits per heavy atom. The first-order valence-electron chi connectivity index (χ1n) is 5.30. The first-order chi connectivity index (χ1) is 7.84. The van der Waals surface area contributed by atoms with Crippen molar-refractivity contribution in [2.75, 3.05) is 0 Å². The molecule has 4 N–H and O–H groups in total. The zero-order valence-electron chi connectivity index (χ0n) is 10.4. The van der Waals surface area contributed by atoms with Crippen molar-refractivity contribution in [3.8, 4) is 5.75 Å². The summed E-state index contributed by atoms with van der Waals surface area (Å²) in [6.45, 7) is 7.26. The van der Waals surface area contributed by atoms with Crippen LogP contribution in [0.3, 0.4) is 0 Å². The molecule has 100 valence electrons. The Labute approximate surface area is 113 Å². The van der Waals surface area contributed by atoms with Crippen LogP contribution in [0.4, 0.5) is 0 Å². The Balaban J connectivity index is 0.00000289. The molecule has 1 aromatic rings. The van der Waals surface area contributed by atoms with E-state index < -0.39 is 12.0 Å². The van der Waals surface area contributed by atoms with E-state index in [4.69, 9.17) is 10.8 Å². The van der Waals surface area contributed by atoms with E-state index in [2.05, 4.69) is 6.58 Å². The highest BCUT2D eigenvalue weighted by molar-refractivity contribution is 5.90. The molecule has 0 heterocycles. The third-order valence-corrected chi connectivity index (χ3v) is 2.59. The lowest BCUT2D eigenvalue weighted by atomic mass is 9.93. The fraction of sp³-hybridized carbons (Fsp3) is 0.308. The predicted molar refractivity (Wildman–Crippen MR) is 73.4 cm³/mol. The van der Waals surface area contributed by atoms with Gasteiger partial charge in [-0.3, -0.25) is 0 Å². The number of aromatic hydroxyl groups is 1. The standard InChI is InChI=1S/C13H17NO3.ClH/c1-7(2)6-10(14)11-9(13(16)17)5-4-8(3)12(11)15;/h4-5,10,15H,1,6,14H2,2-3H3,(H,16,17);1H/t10-;/m0./s1. The molecule has 1 atom stereocenters. The second-order valence-electron chi connectivity index (χ2n) is 4.27. The van der Waals surface area contributed by atoms with Crippen molar-refractivity contribution in [3.05, 3.63) is 41.0 Å². The van der Waals surface area contributed by atoms with Gasteiger partial charge in [-0.25, -0.2) is 4.79 Å². The summed E-state index contributed by atoms with van der Waals surface area (Å²) in [6, 6.07) is 2.47. The molecule has 4 nitrogen and oxygen atoms in total. The van der Waals surface area contributed by atoms with Gasteiger partial charge in [-0.2, -0.15) is 0 Å². The first kappa shape index (κ1) is 16.5. The fourth-order valence-electron chi connectivity index (χ4n) is 1.76. The smallest absolute Gasteiger partial charge is 0.336 e. The molecule has 0 aliphatic heterocycles. The molecule has 0 aliphatic carbocycles. The number of halogens is 1. The first-order valence-corrected chi connectivity index (χ1v) is 5.30. The molecule has 0 aromatic heterocycles. The maximum Gasteiger partial charge on any atom is 0.336 e. The minimum Gasteiger partial charge on any atom is -0.507 e. The average Bonchev–Trinajstić information content (AvgIpc) is 2.20. The van der Waals surface area contributed by atoms with Crippen LogP contribution < -0.4 is 5.73 Å². The van der Waals surface area contributed by atoms with Gasteiger partial charge in [-0.1, -0.05) is 11.6 Å². The van der Waals surface area contributed by atoms with Crippen LogP contribution in [0, 0.1) is 6.92 Å². The van der Waals surface area contributed by atoms with Crippen molar-refractivity contribution in [1.82, 2.24) is 0 Å². The van der Waals surface area contributed by atoms with Crippen LogP contribution in [0.2, 0.25) is 0 Å². The number of carbonyl (C=O) groups is 1. The van der Waals surface area contributed by atoms with E-state index in [-0.39, 0.29) is 29.3 Å². The highest BCUT2D eigenvalue weighted by Gasteiger charge is 2.21. The maximum atomic E-state index is 11.1. The number of aryl methyl sites for hydroxylation is 1. The Hall–Kier alpha value is -1.52. The fourth-order valence-corrected chi connectivity index (χ4v) is 1.76. The number of carboxylic acids is 1. The van der Waals surface area contributed by atoms with Crippen LogP contribution >= 0.6 is 12.4 Å². The highest BCUT2D eigenvalue weighted by atomic mass is 35.5. The van der Waals surface area contributed by atoms with Crippen LogP contribution in [0.1, 0.15) is 40.9 Å². The third-order valence-electron chi connectivity index (χ3n) is 2.59. The monoisotopic (exact) mass is 271 g/mol. The maximum absolute atomic E-state index is 11.1. The quantitative estimate of drug-likeness (QED) is 0.735. The van der Waals surface area contributed by atoms with Crippen LogP contribution in [-0.4, -0.2) is 16.2 Å². The number of benzene rings is 1. The van der Waals surface area contributed by atoms with Crippen LogP contribution in [0.15, 0.2) is 24.3 Å². The average molecular weight is 272 g/mol. The van der Waals surface area contributed by atoms with Gasteiger partial charge in [0, 0.05) is 11.6 Å². The van der Waals surface area contributed by atoms with Crippen LogP contribution in [-0.2, 0) is 0 Å². The molecular weight excluding hydrogens is 254 g/mol. The van der Waals surface area contributed by atoms with E-state index in [1.807, 2.05) is 6.92 Å². The number of phenolic OH excluding ortho intramolecular Hbond substituents is 1. The van der Waals surface area contributed by atoms with Gasteiger partial charge in [0.1, 0.15) is 5.75 Å². The molecule has 0 saturated carbocycles. The summed E-state index contributed by atoms with van der Waals surface area (Å²) in [7, 11) is 0. The van der Waals surface area contributed by atoms with Gasteiger partial charge in [-0.05, 0) is 31.9 Å². The zero-order valence-corrected chi connectivity index (χ0v) is 11.3. The molecule has 0 saturated heterocycles.